The van der Waals surface area contributed by atoms with E-state index in [0.717, 1.165) is 23.3 Å². The van der Waals surface area contributed by atoms with Crippen molar-refractivity contribution in [3.05, 3.63) is 81.6 Å². The molecule has 1 heterocycles. The third kappa shape index (κ3) is 4.84. The highest BCUT2D eigenvalue weighted by molar-refractivity contribution is 7.89. The first-order valence-corrected chi connectivity index (χ1v) is 11.0. The van der Waals surface area contributed by atoms with Gasteiger partial charge in [0, 0.05) is 22.8 Å². The number of hydrogen-bond acceptors (Lipinski definition) is 6. The van der Waals surface area contributed by atoms with Crippen molar-refractivity contribution in [2.45, 2.75) is 24.3 Å². The van der Waals surface area contributed by atoms with Crippen molar-refractivity contribution >= 4 is 27.3 Å². The van der Waals surface area contributed by atoms with Gasteiger partial charge < -0.3 is 4.74 Å². The van der Waals surface area contributed by atoms with E-state index >= 15 is 0 Å². The van der Waals surface area contributed by atoms with Gasteiger partial charge >= 0.3 is 0 Å². The normalized spacial score (nSPS) is 11.9. The van der Waals surface area contributed by atoms with Crippen molar-refractivity contribution in [2.24, 2.45) is 0 Å². The highest BCUT2D eigenvalue weighted by Crippen LogP contribution is 2.33. The summed E-state index contributed by atoms with van der Waals surface area (Å²) in [5.74, 6) is 0.579. The van der Waals surface area contributed by atoms with Crippen LogP contribution in [0.25, 0.3) is 11.1 Å². The molecule has 0 spiro atoms. The van der Waals surface area contributed by atoms with Gasteiger partial charge in [-0.3, -0.25) is 15.1 Å². The number of benzene rings is 2. The van der Waals surface area contributed by atoms with Crippen LogP contribution in [-0.2, 0) is 15.6 Å². The van der Waals surface area contributed by atoms with E-state index in [0.29, 0.717) is 11.3 Å². The zero-order valence-electron chi connectivity index (χ0n) is 17.0. The van der Waals surface area contributed by atoms with E-state index in [2.05, 4.69) is 9.71 Å². The molecule has 3 aromatic rings. The van der Waals surface area contributed by atoms with Crippen LogP contribution < -0.4 is 9.46 Å². The fraction of sp³-hybridized carbons (Fsp3) is 0.190. The molecule has 0 saturated heterocycles. The van der Waals surface area contributed by atoms with Crippen molar-refractivity contribution in [1.29, 1.82) is 0 Å². The number of ether oxygens (including phenoxy) is 1. The molecule has 1 N–H and O–H groups in total. The van der Waals surface area contributed by atoms with Gasteiger partial charge in [-0.15, -0.1) is 0 Å². The summed E-state index contributed by atoms with van der Waals surface area (Å²) < 4.78 is 34.0. The van der Waals surface area contributed by atoms with Crippen molar-refractivity contribution in [3.8, 4) is 16.9 Å². The molecule has 0 unspecified atom stereocenters. The average Bonchev–Trinajstić information content (AvgIpc) is 2.72. The zero-order chi connectivity index (χ0) is 22.8. The lowest BCUT2D eigenvalue weighted by atomic mass is 9.92. The number of nitro groups is 1. The van der Waals surface area contributed by atoms with Crippen molar-refractivity contribution in [1.82, 2.24) is 9.71 Å². The number of hydrogen-bond donors (Lipinski definition) is 1. The Bertz CT molecular complexity index is 1250. The highest BCUT2D eigenvalue weighted by Gasteiger charge is 2.33. The molecule has 0 bridgehead atoms. The molecule has 3 rings (SSSR count). The minimum atomic E-state index is -4.23. The summed E-state index contributed by atoms with van der Waals surface area (Å²) in [7, 11) is -2.69. The molecule has 0 atom stereocenters. The third-order valence-electron chi connectivity index (χ3n) is 4.70. The number of nitrogens with one attached hydrogen (secondary N) is 1. The number of nitrogens with zero attached hydrogens (tertiary/aromatic N) is 2. The van der Waals surface area contributed by atoms with E-state index in [-0.39, 0.29) is 5.02 Å². The Morgan fingerprint density at radius 1 is 1.16 bits per heavy atom. The van der Waals surface area contributed by atoms with Gasteiger partial charge in [-0.2, -0.15) is 0 Å². The van der Waals surface area contributed by atoms with E-state index < -0.39 is 31.1 Å². The van der Waals surface area contributed by atoms with Crippen LogP contribution in [0.5, 0.6) is 5.75 Å². The number of methoxy groups -OCH3 is 1. The topological polar surface area (TPSA) is 111 Å². The van der Waals surface area contributed by atoms with Crippen LogP contribution in [0.15, 0.2) is 65.8 Å². The maximum atomic E-state index is 13.0. The largest absolute Gasteiger partial charge is 0.494 e. The van der Waals surface area contributed by atoms with Crippen LogP contribution in [0.2, 0.25) is 5.02 Å². The number of nitro benzene ring substituents is 1. The van der Waals surface area contributed by atoms with E-state index in [9.17, 15) is 18.5 Å². The van der Waals surface area contributed by atoms with Crippen LogP contribution in [0, 0.1) is 10.1 Å². The van der Waals surface area contributed by atoms with Gasteiger partial charge in [0.25, 0.3) is 5.69 Å². The van der Waals surface area contributed by atoms with Crippen LogP contribution >= 0.6 is 11.6 Å². The van der Waals surface area contributed by atoms with Crippen molar-refractivity contribution < 1.29 is 18.1 Å². The van der Waals surface area contributed by atoms with Gasteiger partial charge in [0.1, 0.15) is 5.75 Å². The first kappa shape index (κ1) is 22.7. The van der Waals surface area contributed by atoms with E-state index in [4.69, 9.17) is 16.3 Å². The summed E-state index contributed by atoms with van der Waals surface area (Å²) in [5, 5.41) is 11.4. The van der Waals surface area contributed by atoms with Gasteiger partial charge in [0.2, 0.25) is 10.0 Å². The van der Waals surface area contributed by atoms with Gasteiger partial charge in [-0.25, -0.2) is 13.1 Å². The number of aromatic nitrogens is 1. The van der Waals surface area contributed by atoms with Gasteiger partial charge in [0.15, 0.2) is 4.90 Å². The lowest BCUT2D eigenvalue weighted by molar-refractivity contribution is -0.387. The smallest absolute Gasteiger partial charge is 0.290 e. The van der Waals surface area contributed by atoms with Gasteiger partial charge in [0.05, 0.1) is 23.8 Å². The Kier molecular flexibility index (Phi) is 6.30. The summed E-state index contributed by atoms with van der Waals surface area (Å²) >= 11 is 5.81. The van der Waals surface area contributed by atoms with E-state index in [1.54, 1.807) is 51.6 Å². The monoisotopic (exact) mass is 461 g/mol. The molecule has 8 nitrogen and oxygen atoms in total. The quantitative estimate of drug-likeness (QED) is 0.408. The molecule has 10 heteroatoms. The minimum Gasteiger partial charge on any atom is -0.494 e. The first-order valence-electron chi connectivity index (χ1n) is 9.12. The Morgan fingerprint density at radius 3 is 2.58 bits per heavy atom. The molecule has 0 fully saturated rings. The summed E-state index contributed by atoms with van der Waals surface area (Å²) in [6.07, 6.45) is 3.23. The highest BCUT2D eigenvalue weighted by atomic mass is 35.5. The Morgan fingerprint density at radius 2 is 1.90 bits per heavy atom. The van der Waals surface area contributed by atoms with Gasteiger partial charge in [-0.05, 0) is 49.2 Å². The minimum absolute atomic E-state index is 0.0731. The molecule has 31 heavy (non-hydrogen) atoms. The molecule has 0 radical (unpaired) electrons. The molecule has 162 valence electrons. The lowest BCUT2D eigenvalue weighted by Gasteiger charge is -2.27. The predicted molar refractivity (Wildman–Crippen MR) is 118 cm³/mol. The second-order valence-electron chi connectivity index (χ2n) is 7.26. The summed E-state index contributed by atoms with van der Waals surface area (Å²) in [5.41, 5.74) is 0.589. The molecule has 0 aliphatic rings. The summed E-state index contributed by atoms with van der Waals surface area (Å²) in [4.78, 5) is 14.2. The number of rotatable bonds is 7. The SMILES string of the molecule is COc1cnccc1-c1cccc(C(C)(C)NS(=O)(=O)c2ccc(Cl)cc2[N+](=O)[O-])c1. The van der Waals surface area contributed by atoms with Crippen LogP contribution in [-0.4, -0.2) is 25.4 Å². The zero-order valence-corrected chi connectivity index (χ0v) is 18.6. The maximum absolute atomic E-state index is 13.0. The van der Waals surface area contributed by atoms with Gasteiger partial charge in [-0.1, -0.05) is 29.8 Å². The average molecular weight is 462 g/mol. The molecular weight excluding hydrogens is 442 g/mol. The predicted octanol–water partition coefficient (Wildman–Crippen LogP) is 4.53. The standard InChI is InChI=1S/C21H20ClN3O5S/c1-21(2,24-31(28,29)20-8-7-16(22)12-18(20)25(26)27)15-6-4-5-14(11-15)17-9-10-23-13-19(17)30-3/h4-13,24H,1-3H3. The molecular formula is C21H20ClN3O5S. The fourth-order valence-corrected chi connectivity index (χ4v) is 4.89. The summed E-state index contributed by atoms with van der Waals surface area (Å²) in [6.45, 7) is 3.35. The molecule has 0 aliphatic heterocycles. The molecule has 0 aliphatic carbocycles. The number of sulfonamides is 1. The van der Waals surface area contributed by atoms with E-state index in [1.165, 1.54) is 6.07 Å². The Hall–Kier alpha value is -3.01. The number of pyridine rings is 1. The maximum Gasteiger partial charge on any atom is 0.290 e. The fourth-order valence-electron chi connectivity index (χ4n) is 3.17. The molecule has 0 amide bonds. The Labute approximate surface area is 185 Å². The van der Waals surface area contributed by atoms with Crippen LogP contribution in [0.4, 0.5) is 5.69 Å². The van der Waals surface area contributed by atoms with E-state index in [1.807, 2.05) is 12.1 Å². The molecule has 0 saturated carbocycles. The van der Waals surface area contributed by atoms with Crippen molar-refractivity contribution in [3.63, 3.8) is 0 Å². The summed E-state index contributed by atoms with van der Waals surface area (Å²) in [6, 6.07) is 12.5. The molecule has 2 aromatic carbocycles. The van der Waals surface area contributed by atoms with Crippen LogP contribution in [0.1, 0.15) is 19.4 Å². The Balaban J connectivity index is 2.01. The second kappa shape index (κ2) is 8.62. The number of halogens is 1. The van der Waals surface area contributed by atoms with Crippen molar-refractivity contribution in [2.75, 3.05) is 7.11 Å². The molecule has 1 aromatic heterocycles. The third-order valence-corrected chi connectivity index (χ3v) is 6.63. The lowest BCUT2D eigenvalue weighted by Crippen LogP contribution is -2.41. The first-order chi connectivity index (χ1) is 14.5. The van der Waals surface area contributed by atoms with Crippen LogP contribution in [0.3, 0.4) is 0 Å². The second-order valence-corrected chi connectivity index (χ2v) is 9.34.